The molecule has 0 saturated carbocycles. The molecule has 5 heterocycles. The molecule has 7 rings (SSSR count). The number of thiazole rings is 1. The lowest BCUT2D eigenvalue weighted by atomic mass is 10.0. The molecule has 2 saturated heterocycles. The molecule has 0 spiro atoms. The van der Waals surface area contributed by atoms with Gasteiger partial charge in [-0.15, -0.1) is 11.3 Å². The zero-order valence-corrected chi connectivity index (χ0v) is 33.2. The fourth-order valence-electron chi connectivity index (χ4n) is 7.65. The average molecular weight is 794 g/mol. The number of nitrogens with one attached hydrogen (secondary N) is 4. The van der Waals surface area contributed by atoms with Crippen LogP contribution in [0, 0.1) is 5.92 Å². The molecule has 57 heavy (non-hydrogen) atoms. The Morgan fingerprint density at radius 2 is 1.23 bits per heavy atom. The van der Waals surface area contributed by atoms with Crippen molar-refractivity contribution in [2.24, 2.45) is 5.92 Å². The molecule has 4 atom stereocenters. The van der Waals surface area contributed by atoms with Gasteiger partial charge in [0.2, 0.25) is 11.8 Å². The highest BCUT2D eigenvalue weighted by molar-refractivity contribution is 7.07. The molecule has 2 aliphatic rings. The smallest absolute Gasteiger partial charge is 0.407 e. The summed E-state index contributed by atoms with van der Waals surface area (Å²) in [6, 6.07) is 14.5. The molecule has 2 aromatic carbocycles. The Balaban J connectivity index is 0.998. The summed E-state index contributed by atoms with van der Waals surface area (Å²) in [6.07, 6.45) is 5.76. The van der Waals surface area contributed by atoms with Crippen LogP contribution in [-0.2, 0) is 25.5 Å². The Hall–Kier alpha value is -6.03. The van der Waals surface area contributed by atoms with E-state index in [1.165, 1.54) is 25.6 Å². The number of carbonyl (C=O) groups is 4. The normalized spacial score (nSPS) is 17.7. The standard InChI is InChI=1S/C41H47N9O6S/c1-24(2)35(48-41(54)56-4)39(52)50-18-6-8-34(50)37-43-21-32(46-37)28-15-11-26(12-16-28)25-9-13-27(14-10-25)31-20-42-36(45-31)33-7-5-17-49(33)38(51)30(47-40(53)55-3)19-29-22-57-23-44-29/h9-16,20-24,30,33-35H,5-8,17-19H2,1-4H3,(H,42,45)(H,43,46)(H,47,53)(H,48,54)/t30-,33-,34-,35-/m0/s1. The van der Waals surface area contributed by atoms with Gasteiger partial charge in [0.15, 0.2) is 0 Å². The summed E-state index contributed by atoms with van der Waals surface area (Å²) in [6.45, 7) is 4.94. The summed E-state index contributed by atoms with van der Waals surface area (Å²) < 4.78 is 9.56. The second-order valence-corrected chi connectivity index (χ2v) is 15.3. The van der Waals surface area contributed by atoms with E-state index < -0.39 is 24.3 Å². The molecule has 2 aliphatic heterocycles. The molecular weight excluding hydrogens is 747 g/mol. The summed E-state index contributed by atoms with van der Waals surface area (Å²) in [7, 11) is 2.56. The molecule has 298 valence electrons. The number of rotatable bonds is 12. The number of hydrogen-bond acceptors (Lipinski definition) is 10. The lowest BCUT2D eigenvalue weighted by molar-refractivity contribution is -0.135. The molecule has 0 aliphatic carbocycles. The molecule has 16 heteroatoms. The zero-order valence-electron chi connectivity index (χ0n) is 32.4. The van der Waals surface area contributed by atoms with Gasteiger partial charge in [-0.3, -0.25) is 9.59 Å². The number of imidazole rings is 2. The number of H-pyrrole nitrogens is 2. The number of aromatic amines is 2. The molecule has 4 amide bonds. The predicted octanol–water partition coefficient (Wildman–Crippen LogP) is 6.27. The molecule has 15 nitrogen and oxygen atoms in total. The first-order chi connectivity index (χ1) is 27.6. The quantitative estimate of drug-likeness (QED) is 0.113. The minimum atomic E-state index is -0.810. The third-order valence-corrected chi connectivity index (χ3v) is 11.3. The van der Waals surface area contributed by atoms with Crippen LogP contribution in [0.1, 0.15) is 69.0 Å². The van der Waals surface area contributed by atoms with E-state index in [1.807, 2.05) is 43.5 Å². The van der Waals surface area contributed by atoms with Crippen LogP contribution in [0.3, 0.4) is 0 Å². The molecule has 0 bridgehead atoms. The zero-order chi connectivity index (χ0) is 40.1. The fraction of sp³-hybridized carbons (Fsp3) is 0.390. The second kappa shape index (κ2) is 17.4. The van der Waals surface area contributed by atoms with Crippen LogP contribution in [0.25, 0.3) is 33.6 Å². The number of hydrogen-bond donors (Lipinski definition) is 4. The second-order valence-electron chi connectivity index (χ2n) is 14.6. The monoisotopic (exact) mass is 793 g/mol. The number of nitrogens with zero attached hydrogens (tertiary/aromatic N) is 5. The highest BCUT2D eigenvalue weighted by atomic mass is 32.1. The Labute approximate surface area is 334 Å². The van der Waals surface area contributed by atoms with Crippen LogP contribution in [0.2, 0.25) is 0 Å². The molecule has 2 fully saturated rings. The topological polar surface area (TPSA) is 188 Å². The number of amides is 4. The van der Waals surface area contributed by atoms with Crippen molar-refractivity contribution in [2.45, 2.75) is 70.1 Å². The number of aromatic nitrogens is 5. The van der Waals surface area contributed by atoms with E-state index in [9.17, 15) is 19.2 Å². The van der Waals surface area contributed by atoms with Gasteiger partial charge in [-0.1, -0.05) is 62.4 Å². The molecule has 5 aromatic rings. The van der Waals surface area contributed by atoms with Crippen LogP contribution in [0.15, 0.2) is 71.8 Å². The van der Waals surface area contributed by atoms with Crippen molar-refractivity contribution in [1.29, 1.82) is 0 Å². The van der Waals surface area contributed by atoms with E-state index in [4.69, 9.17) is 9.47 Å². The lowest BCUT2D eigenvalue weighted by Gasteiger charge is -2.30. The van der Waals surface area contributed by atoms with Crippen LogP contribution < -0.4 is 10.6 Å². The lowest BCUT2D eigenvalue weighted by Crippen LogP contribution is -2.51. The van der Waals surface area contributed by atoms with E-state index in [0.717, 1.165) is 70.8 Å². The third kappa shape index (κ3) is 8.70. The maximum absolute atomic E-state index is 13.8. The number of alkyl carbamates (subject to hydrolysis) is 2. The van der Waals surface area contributed by atoms with Crippen LogP contribution in [-0.4, -0.2) is 98.1 Å². The van der Waals surface area contributed by atoms with Crippen LogP contribution in [0.5, 0.6) is 0 Å². The Morgan fingerprint density at radius 1 is 0.737 bits per heavy atom. The molecular formula is C41H47N9O6S. The van der Waals surface area contributed by atoms with Gasteiger partial charge >= 0.3 is 12.2 Å². The number of benzene rings is 2. The van der Waals surface area contributed by atoms with Crippen molar-refractivity contribution in [3.05, 3.63) is 89.2 Å². The SMILES string of the molecule is COC(=O)N[C@@H](Cc1cscn1)C(=O)N1CCC[C@H]1c1ncc(-c2ccc(-c3ccc(-c4cnc([C@@H]5CCCN5C(=O)[C@@H](NC(=O)OC)C(C)C)[nH]4)cc3)cc2)[nH]1. The van der Waals surface area contributed by atoms with E-state index in [-0.39, 0.29) is 36.2 Å². The largest absolute Gasteiger partial charge is 0.453 e. The van der Waals surface area contributed by atoms with Gasteiger partial charge in [0.1, 0.15) is 23.7 Å². The summed E-state index contributed by atoms with van der Waals surface area (Å²) in [5.41, 5.74) is 8.16. The van der Waals surface area contributed by atoms with Gasteiger partial charge in [-0.2, -0.15) is 0 Å². The first-order valence-corrected chi connectivity index (χ1v) is 20.1. The Kier molecular flexibility index (Phi) is 12.0. The average Bonchev–Trinajstić information content (AvgIpc) is 4.09. The van der Waals surface area contributed by atoms with E-state index in [2.05, 4.69) is 59.8 Å². The third-order valence-electron chi connectivity index (χ3n) is 10.7. The van der Waals surface area contributed by atoms with Crippen molar-refractivity contribution >= 4 is 35.3 Å². The number of carbonyl (C=O) groups excluding carboxylic acids is 4. The molecule has 4 N–H and O–H groups in total. The number of methoxy groups -OCH3 is 2. The van der Waals surface area contributed by atoms with Crippen molar-refractivity contribution in [1.82, 2.24) is 45.4 Å². The van der Waals surface area contributed by atoms with E-state index in [0.29, 0.717) is 18.9 Å². The minimum absolute atomic E-state index is 0.108. The number of likely N-dealkylation sites (tertiary alicyclic amines) is 2. The van der Waals surface area contributed by atoms with Crippen LogP contribution >= 0.6 is 11.3 Å². The maximum atomic E-state index is 13.8. The first kappa shape index (κ1) is 39.2. The van der Waals surface area contributed by atoms with Crippen molar-refractivity contribution in [3.63, 3.8) is 0 Å². The summed E-state index contributed by atoms with van der Waals surface area (Å²) >= 11 is 1.44. The van der Waals surface area contributed by atoms with Gasteiger partial charge < -0.3 is 39.9 Å². The van der Waals surface area contributed by atoms with Gasteiger partial charge in [0.05, 0.1) is 61.3 Å². The molecule has 0 radical (unpaired) electrons. The van der Waals surface area contributed by atoms with Crippen LogP contribution in [0.4, 0.5) is 9.59 Å². The van der Waals surface area contributed by atoms with Crippen molar-refractivity contribution in [2.75, 3.05) is 27.3 Å². The van der Waals surface area contributed by atoms with Gasteiger partial charge in [-0.05, 0) is 53.9 Å². The van der Waals surface area contributed by atoms with Gasteiger partial charge in [0.25, 0.3) is 0 Å². The Bertz CT molecular complexity index is 2170. The molecule has 0 unspecified atom stereocenters. The minimum Gasteiger partial charge on any atom is -0.453 e. The van der Waals surface area contributed by atoms with Crippen molar-refractivity contribution < 1.29 is 28.7 Å². The Morgan fingerprint density at radius 3 is 1.70 bits per heavy atom. The summed E-state index contributed by atoms with van der Waals surface area (Å²) in [4.78, 5) is 75.5. The summed E-state index contributed by atoms with van der Waals surface area (Å²) in [5, 5.41) is 7.25. The highest BCUT2D eigenvalue weighted by Gasteiger charge is 2.38. The van der Waals surface area contributed by atoms with Crippen molar-refractivity contribution in [3.8, 4) is 33.6 Å². The van der Waals surface area contributed by atoms with E-state index >= 15 is 0 Å². The van der Waals surface area contributed by atoms with Gasteiger partial charge in [-0.25, -0.2) is 24.5 Å². The maximum Gasteiger partial charge on any atom is 0.407 e. The van der Waals surface area contributed by atoms with E-state index in [1.54, 1.807) is 27.7 Å². The fourth-order valence-corrected chi connectivity index (χ4v) is 8.22. The predicted molar refractivity (Wildman–Crippen MR) is 214 cm³/mol. The first-order valence-electron chi connectivity index (χ1n) is 19.1. The summed E-state index contributed by atoms with van der Waals surface area (Å²) in [5.74, 6) is 0.969. The highest BCUT2D eigenvalue weighted by Crippen LogP contribution is 2.35. The number of ether oxygens (including phenoxy) is 2. The van der Waals surface area contributed by atoms with Gasteiger partial charge in [0, 0.05) is 24.9 Å². The molecule has 3 aromatic heterocycles.